The van der Waals surface area contributed by atoms with Crippen molar-refractivity contribution in [2.75, 3.05) is 26.7 Å². The van der Waals surface area contributed by atoms with E-state index >= 15 is 0 Å². The highest BCUT2D eigenvalue weighted by Gasteiger charge is 2.33. The minimum atomic E-state index is -0.765. The number of halogens is 1. The van der Waals surface area contributed by atoms with E-state index in [0.29, 0.717) is 32.4 Å². The average molecular weight is 334 g/mol. The molecular formula is C17H23FN4S. The molecule has 23 heavy (non-hydrogen) atoms. The first-order valence-electron chi connectivity index (χ1n) is 7.98. The molecule has 0 aliphatic carbocycles. The monoisotopic (exact) mass is 334 g/mol. The molecule has 0 N–H and O–H groups in total. The fourth-order valence-electron chi connectivity index (χ4n) is 3.15. The van der Waals surface area contributed by atoms with Gasteiger partial charge < -0.3 is 4.90 Å². The molecule has 4 nitrogen and oxygen atoms in total. The van der Waals surface area contributed by atoms with Gasteiger partial charge in [-0.3, -0.25) is 4.90 Å². The first kappa shape index (κ1) is 17.9. The maximum absolute atomic E-state index is 13.9. The lowest BCUT2D eigenvalue weighted by Crippen LogP contribution is -2.39. The van der Waals surface area contributed by atoms with Crippen LogP contribution in [0.3, 0.4) is 0 Å². The summed E-state index contributed by atoms with van der Waals surface area (Å²) in [5.41, 5.74) is 0. The largest absolute Gasteiger partial charge is 0.304 e. The summed E-state index contributed by atoms with van der Waals surface area (Å²) >= 11 is 1.70. The highest BCUT2D eigenvalue weighted by atomic mass is 32.1. The van der Waals surface area contributed by atoms with Crippen LogP contribution in [0.15, 0.2) is 17.5 Å². The van der Waals surface area contributed by atoms with Gasteiger partial charge in [0.15, 0.2) is 0 Å². The lowest BCUT2D eigenvalue weighted by molar-refractivity contribution is 0.177. The van der Waals surface area contributed by atoms with Gasteiger partial charge in [0.1, 0.15) is 6.17 Å². The van der Waals surface area contributed by atoms with Crippen LogP contribution in [-0.2, 0) is 6.54 Å². The fourth-order valence-corrected chi connectivity index (χ4v) is 3.88. The Morgan fingerprint density at radius 1 is 1.52 bits per heavy atom. The first-order valence-corrected chi connectivity index (χ1v) is 8.86. The summed E-state index contributed by atoms with van der Waals surface area (Å²) < 4.78 is 13.9. The van der Waals surface area contributed by atoms with Crippen LogP contribution in [0.1, 0.15) is 24.1 Å². The molecule has 124 valence electrons. The van der Waals surface area contributed by atoms with E-state index in [4.69, 9.17) is 5.26 Å². The molecular weight excluding hydrogens is 311 g/mol. The van der Waals surface area contributed by atoms with Gasteiger partial charge in [0, 0.05) is 43.5 Å². The molecule has 0 bridgehead atoms. The van der Waals surface area contributed by atoms with Crippen LogP contribution < -0.4 is 0 Å². The quantitative estimate of drug-likeness (QED) is 0.733. The van der Waals surface area contributed by atoms with Crippen molar-refractivity contribution in [3.8, 4) is 12.1 Å². The van der Waals surface area contributed by atoms with Crippen molar-refractivity contribution in [3.63, 3.8) is 0 Å². The van der Waals surface area contributed by atoms with Gasteiger partial charge in [0.25, 0.3) is 0 Å². The molecule has 0 spiro atoms. The van der Waals surface area contributed by atoms with E-state index < -0.39 is 6.17 Å². The summed E-state index contributed by atoms with van der Waals surface area (Å²) in [5, 5.41) is 19.9. The van der Waals surface area contributed by atoms with Crippen molar-refractivity contribution in [1.82, 2.24) is 9.80 Å². The smallest absolute Gasteiger partial charge is 0.114 e. The summed E-state index contributed by atoms with van der Waals surface area (Å²) in [6.07, 6.45) is 0.809. The summed E-state index contributed by atoms with van der Waals surface area (Å²) in [6, 6.07) is 8.66. The Bertz CT molecular complexity index is 548. The molecule has 6 heteroatoms. The minimum Gasteiger partial charge on any atom is -0.304 e. The molecule has 1 aliphatic rings. The minimum absolute atomic E-state index is 0.132. The zero-order valence-electron chi connectivity index (χ0n) is 13.5. The Kier molecular flexibility index (Phi) is 6.98. The molecule has 3 atom stereocenters. The molecule has 1 aromatic rings. The fraction of sp³-hybridized carbons (Fsp3) is 0.647. The van der Waals surface area contributed by atoms with Gasteiger partial charge in [-0.15, -0.1) is 11.3 Å². The number of likely N-dealkylation sites (tertiary alicyclic amines) is 1. The van der Waals surface area contributed by atoms with Crippen LogP contribution in [0.4, 0.5) is 4.39 Å². The van der Waals surface area contributed by atoms with E-state index in [1.165, 1.54) is 4.88 Å². The van der Waals surface area contributed by atoms with Crippen molar-refractivity contribution in [2.45, 2.75) is 38.0 Å². The highest BCUT2D eigenvalue weighted by molar-refractivity contribution is 7.09. The van der Waals surface area contributed by atoms with Crippen LogP contribution in [0, 0.1) is 28.6 Å². The Morgan fingerprint density at radius 3 is 3.00 bits per heavy atom. The molecule has 1 fully saturated rings. The number of alkyl halides is 1. The molecule has 0 radical (unpaired) electrons. The van der Waals surface area contributed by atoms with Crippen molar-refractivity contribution >= 4 is 11.3 Å². The Morgan fingerprint density at radius 2 is 2.35 bits per heavy atom. The van der Waals surface area contributed by atoms with Crippen LogP contribution in [-0.4, -0.2) is 48.7 Å². The SMILES string of the molecule is CN(C[C@H](C#N)CCC#N)C[C@@H]1C[C@H](F)CN1Cc1cccs1. The van der Waals surface area contributed by atoms with E-state index in [-0.39, 0.29) is 12.0 Å². The van der Waals surface area contributed by atoms with E-state index in [0.717, 1.165) is 13.1 Å². The first-order chi connectivity index (χ1) is 11.1. The number of thiophene rings is 1. The molecule has 2 rings (SSSR count). The number of rotatable bonds is 8. The second-order valence-corrected chi connectivity index (χ2v) is 7.27. The van der Waals surface area contributed by atoms with E-state index in [2.05, 4.69) is 28.0 Å². The molecule has 1 saturated heterocycles. The Labute approximate surface area is 141 Å². The molecule has 0 aromatic carbocycles. The van der Waals surface area contributed by atoms with Gasteiger partial charge in [-0.1, -0.05) is 6.07 Å². The van der Waals surface area contributed by atoms with Crippen molar-refractivity contribution in [1.29, 1.82) is 10.5 Å². The Hall–Kier alpha value is -1.47. The number of hydrogen-bond acceptors (Lipinski definition) is 5. The summed E-state index contributed by atoms with van der Waals surface area (Å²) in [6.45, 7) is 2.69. The van der Waals surface area contributed by atoms with E-state index in [9.17, 15) is 9.65 Å². The lowest BCUT2D eigenvalue weighted by atomic mass is 10.0. The van der Waals surface area contributed by atoms with Gasteiger partial charge in [0.2, 0.25) is 0 Å². The van der Waals surface area contributed by atoms with Gasteiger partial charge in [0.05, 0.1) is 18.1 Å². The summed E-state index contributed by atoms with van der Waals surface area (Å²) in [5.74, 6) is -0.132. The van der Waals surface area contributed by atoms with Gasteiger partial charge >= 0.3 is 0 Å². The number of likely N-dealkylation sites (N-methyl/N-ethyl adjacent to an activating group) is 1. The molecule has 1 aliphatic heterocycles. The molecule has 2 heterocycles. The predicted octanol–water partition coefficient (Wildman–Crippen LogP) is 3.04. The second kappa shape index (κ2) is 8.98. The van der Waals surface area contributed by atoms with Crippen molar-refractivity contribution < 1.29 is 4.39 Å². The third-order valence-electron chi connectivity index (χ3n) is 4.26. The summed E-state index contributed by atoms with van der Waals surface area (Å²) in [4.78, 5) is 5.58. The van der Waals surface area contributed by atoms with Crippen LogP contribution >= 0.6 is 11.3 Å². The maximum Gasteiger partial charge on any atom is 0.114 e. The van der Waals surface area contributed by atoms with Crippen LogP contribution in [0.5, 0.6) is 0 Å². The zero-order chi connectivity index (χ0) is 16.7. The second-order valence-electron chi connectivity index (χ2n) is 6.24. The topological polar surface area (TPSA) is 54.1 Å². The van der Waals surface area contributed by atoms with Crippen LogP contribution in [0.25, 0.3) is 0 Å². The number of nitriles is 2. The normalized spacial score (nSPS) is 22.8. The third-order valence-corrected chi connectivity index (χ3v) is 5.12. The molecule has 0 saturated carbocycles. The molecule has 0 amide bonds. The van der Waals surface area contributed by atoms with Crippen molar-refractivity contribution in [3.05, 3.63) is 22.4 Å². The molecule has 0 unspecified atom stereocenters. The van der Waals surface area contributed by atoms with E-state index in [1.807, 2.05) is 18.5 Å². The standard InChI is InChI=1S/C17H23FN4S/c1-21(10-14(9-20)4-2-6-19)12-16-8-15(18)11-22(16)13-17-5-3-7-23-17/h3,5,7,14-16H,2,4,8,10-13H2,1H3/t14-,15-,16-/m0/s1. The van der Waals surface area contributed by atoms with Crippen LogP contribution in [0.2, 0.25) is 0 Å². The van der Waals surface area contributed by atoms with Gasteiger partial charge in [-0.05, 0) is 31.3 Å². The third kappa shape index (κ3) is 5.58. The predicted molar refractivity (Wildman–Crippen MR) is 89.5 cm³/mol. The van der Waals surface area contributed by atoms with E-state index in [1.54, 1.807) is 11.3 Å². The molecule has 1 aromatic heterocycles. The number of nitrogens with zero attached hydrogens (tertiary/aromatic N) is 4. The highest BCUT2D eigenvalue weighted by Crippen LogP contribution is 2.25. The maximum atomic E-state index is 13.9. The summed E-state index contributed by atoms with van der Waals surface area (Å²) in [7, 11) is 1.98. The lowest BCUT2D eigenvalue weighted by Gasteiger charge is -2.28. The average Bonchev–Trinajstić information content (AvgIpc) is 3.14. The van der Waals surface area contributed by atoms with Crippen molar-refractivity contribution in [2.24, 2.45) is 5.92 Å². The zero-order valence-corrected chi connectivity index (χ0v) is 14.3. The van der Waals surface area contributed by atoms with Gasteiger partial charge in [-0.2, -0.15) is 10.5 Å². The number of hydrogen-bond donors (Lipinski definition) is 0. The Balaban J connectivity index is 1.86. The van der Waals surface area contributed by atoms with Gasteiger partial charge in [-0.25, -0.2) is 4.39 Å².